The number of quaternary nitrogens is 1. The Balaban J connectivity index is 1.77. The fourth-order valence-corrected chi connectivity index (χ4v) is 3.22. The lowest BCUT2D eigenvalue weighted by atomic mass is 10.0. The fraction of sp³-hybridized carbons (Fsp3) is 0.300. The Bertz CT molecular complexity index is 754. The summed E-state index contributed by atoms with van der Waals surface area (Å²) in [5.41, 5.74) is 5.10. The number of nitrogens with zero attached hydrogens (tertiary/aromatic N) is 1. The highest BCUT2D eigenvalue weighted by Gasteiger charge is 2.29. The first kappa shape index (κ1) is 18.1. The summed E-state index contributed by atoms with van der Waals surface area (Å²) in [4.78, 5) is 13.6. The number of morpholine rings is 1. The molecule has 6 heteroatoms. The zero-order valence-corrected chi connectivity index (χ0v) is 14.8. The number of aromatic hydroxyl groups is 1. The molecule has 2 aromatic carbocycles. The Labute approximate surface area is 153 Å². The van der Waals surface area contributed by atoms with Crippen molar-refractivity contribution in [1.82, 2.24) is 5.43 Å². The van der Waals surface area contributed by atoms with Crippen LogP contribution in [-0.4, -0.2) is 43.0 Å². The Kier molecular flexibility index (Phi) is 5.99. The van der Waals surface area contributed by atoms with E-state index in [1.54, 1.807) is 12.1 Å². The molecule has 0 bridgehead atoms. The normalized spacial score (nSPS) is 16.9. The predicted octanol–water partition coefficient (Wildman–Crippen LogP) is 1.15. The van der Waals surface area contributed by atoms with Gasteiger partial charge in [-0.25, -0.2) is 5.43 Å². The van der Waals surface area contributed by atoms with Crippen molar-refractivity contribution in [2.75, 3.05) is 26.3 Å². The molecule has 1 atom stereocenters. The molecule has 1 amide bonds. The number of benzene rings is 2. The fourth-order valence-electron chi connectivity index (χ4n) is 3.22. The minimum Gasteiger partial charge on any atom is -0.508 e. The number of phenols is 1. The molecule has 1 fully saturated rings. The standard InChI is InChI=1S/C20H23N3O3/c1-15(21-22-20(25)17-7-9-18(24)10-8-17)19(16-5-3-2-4-6-16)23-11-13-26-14-12-23/h2-10,19,24H,11-14H2,1H3,(H,22,25)/p+1/b21-15-/t19-/m1/s1. The number of carbonyl (C=O) groups excluding carboxylic acids is 1. The van der Waals surface area contributed by atoms with Crippen LogP contribution in [0.4, 0.5) is 0 Å². The van der Waals surface area contributed by atoms with E-state index >= 15 is 0 Å². The number of ether oxygens (including phenoxy) is 1. The van der Waals surface area contributed by atoms with Gasteiger partial charge in [0.05, 0.1) is 18.9 Å². The summed E-state index contributed by atoms with van der Waals surface area (Å²) in [5, 5.41) is 13.7. The third-order valence-electron chi connectivity index (χ3n) is 4.56. The molecule has 0 saturated carbocycles. The van der Waals surface area contributed by atoms with Gasteiger partial charge < -0.3 is 14.7 Å². The number of hydrazone groups is 1. The molecule has 3 N–H and O–H groups in total. The number of amides is 1. The average Bonchev–Trinajstić information content (AvgIpc) is 2.68. The van der Waals surface area contributed by atoms with Crippen molar-refractivity contribution in [3.8, 4) is 5.75 Å². The topological polar surface area (TPSA) is 75.4 Å². The molecule has 2 aromatic rings. The third kappa shape index (κ3) is 4.47. The van der Waals surface area contributed by atoms with Crippen LogP contribution in [0.25, 0.3) is 0 Å². The van der Waals surface area contributed by atoms with Crippen molar-refractivity contribution >= 4 is 11.6 Å². The lowest BCUT2D eigenvalue weighted by Crippen LogP contribution is -3.15. The van der Waals surface area contributed by atoms with E-state index in [1.165, 1.54) is 22.6 Å². The summed E-state index contributed by atoms with van der Waals surface area (Å²) in [6.07, 6.45) is 0. The van der Waals surface area contributed by atoms with Crippen LogP contribution in [0.15, 0.2) is 59.7 Å². The summed E-state index contributed by atoms with van der Waals surface area (Å²) >= 11 is 0. The summed E-state index contributed by atoms with van der Waals surface area (Å²) < 4.78 is 5.48. The van der Waals surface area contributed by atoms with E-state index in [2.05, 4.69) is 22.7 Å². The van der Waals surface area contributed by atoms with E-state index in [-0.39, 0.29) is 17.7 Å². The van der Waals surface area contributed by atoms with E-state index in [9.17, 15) is 9.90 Å². The Morgan fingerprint density at radius 1 is 1.12 bits per heavy atom. The molecule has 1 aliphatic heterocycles. The lowest BCUT2D eigenvalue weighted by molar-refractivity contribution is -0.928. The summed E-state index contributed by atoms with van der Waals surface area (Å²) in [6, 6.07) is 16.4. The first-order valence-electron chi connectivity index (χ1n) is 8.76. The maximum Gasteiger partial charge on any atom is 0.271 e. The Hall–Kier alpha value is -2.70. The first-order chi connectivity index (χ1) is 12.6. The molecule has 0 unspecified atom stereocenters. The van der Waals surface area contributed by atoms with Crippen LogP contribution < -0.4 is 10.3 Å². The van der Waals surface area contributed by atoms with Gasteiger partial charge in [0.25, 0.3) is 5.91 Å². The second-order valence-corrected chi connectivity index (χ2v) is 6.36. The number of nitrogens with one attached hydrogen (secondary N) is 2. The van der Waals surface area contributed by atoms with Gasteiger partial charge in [-0.1, -0.05) is 30.3 Å². The second-order valence-electron chi connectivity index (χ2n) is 6.36. The van der Waals surface area contributed by atoms with Crippen LogP contribution in [0, 0.1) is 0 Å². The maximum absolute atomic E-state index is 12.3. The van der Waals surface area contributed by atoms with Crippen LogP contribution in [0.5, 0.6) is 5.75 Å². The quantitative estimate of drug-likeness (QED) is 0.557. The Morgan fingerprint density at radius 3 is 2.42 bits per heavy atom. The second kappa shape index (κ2) is 8.60. The van der Waals surface area contributed by atoms with Crippen molar-refractivity contribution in [1.29, 1.82) is 0 Å². The van der Waals surface area contributed by atoms with Gasteiger partial charge in [-0.3, -0.25) is 4.79 Å². The summed E-state index contributed by atoms with van der Waals surface area (Å²) in [5.74, 6) is -0.172. The minimum absolute atomic E-state index is 0.0696. The molecule has 1 heterocycles. The maximum atomic E-state index is 12.3. The average molecular weight is 354 g/mol. The molecule has 1 aliphatic rings. The molecule has 26 heavy (non-hydrogen) atoms. The highest BCUT2D eigenvalue weighted by atomic mass is 16.5. The van der Waals surface area contributed by atoms with Crippen LogP contribution in [-0.2, 0) is 4.74 Å². The molecular formula is C20H24N3O3+. The third-order valence-corrected chi connectivity index (χ3v) is 4.56. The monoisotopic (exact) mass is 354 g/mol. The molecule has 6 nitrogen and oxygen atoms in total. The summed E-state index contributed by atoms with van der Waals surface area (Å²) in [6.45, 7) is 5.20. The van der Waals surface area contributed by atoms with Crippen LogP contribution in [0.2, 0.25) is 0 Å². The van der Waals surface area contributed by atoms with Gasteiger partial charge in [-0.2, -0.15) is 5.10 Å². The smallest absolute Gasteiger partial charge is 0.271 e. The van der Waals surface area contributed by atoms with Crippen molar-refractivity contribution in [3.05, 3.63) is 65.7 Å². The molecule has 0 radical (unpaired) electrons. The molecular weight excluding hydrogens is 330 g/mol. The molecule has 0 spiro atoms. The van der Waals surface area contributed by atoms with Gasteiger partial charge >= 0.3 is 0 Å². The number of phenolic OH excluding ortho intramolecular Hbond substituents is 1. The molecule has 0 aromatic heterocycles. The van der Waals surface area contributed by atoms with Gasteiger partial charge in [-0.05, 0) is 31.2 Å². The number of carbonyl (C=O) groups is 1. The van der Waals surface area contributed by atoms with Crippen LogP contribution >= 0.6 is 0 Å². The van der Waals surface area contributed by atoms with Gasteiger partial charge in [-0.15, -0.1) is 0 Å². The van der Waals surface area contributed by atoms with Gasteiger partial charge in [0.15, 0.2) is 6.04 Å². The number of hydrogen-bond donors (Lipinski definition) is 3. The van der Waals surface area contributed by atoms with Crippen molar-refractivity contribution in [2.24, 2.45) is 5.10 Å². The van der Waals surface area contributed by atoms with E-state index in [0.29, 0.717) is 5.56 Å². The number of hydrogen-bond acceptors (Lipinski definition) is 4. The molecule has 1 saturated heterocycles. The highest BCUT2D eigenvalue weighted by molar-refractivity contribution is 5.96. The van der Waals surface area contributed by atoms with Gasteiger partial charge in [0.2, 0.25) is 0 Å². The highest BCUT2D eigenvalue weighted by Crippen LogP contribution is 2.13. The Morgan fingerprint density at radius 2 is 1.77 bits per heavy atom. The SMILES string of the molecule is C/C(=N/NC(=O)c1ccc(O)cc1)[C@H](c1ccccc1)[NH+]1CCOCC1. The largest absolute Gasteiger partial charge is 0.508 e. The summed E-state index contributed by atoms with van der Waals surface area (Å²) in [7, 11) is 0. The molecule has 136 valence electrons. The zero-order chi connectivity index (χ0) is 18.4. The number of rotatable bonds is 5. The van der Waals surface area contributed by atoms with Crippen LogP contribution in [0.3, 0.4) is 0 Å². The van der Waals surface area contributed by atoms with Crippen molar-refractivity contribution in [3.63, 3.8) is 0 Å². The van der Waals surface area contributed by atoms with E-state index in [1.807, 2.05) is 25.1 Å². The van der Waals surface area contributed by atoms with Crippen molar-refractivity contribution < 1.29 is 19.5 Å². The zero-order valence-electron chi connectivity index (χ0n) is 14.8. The van der Waals surface area contributed by atoms with Crippen molar-refractivity contribution in [2.45, 2.75) is 13.0 Å². The minimum atomic E-state index is -0.298. The first-order valence-corrected chi connectivity index (χ1v) is 8.76. The molecule has 3 rings (SSSR count). The van der Waals surface area contributed by atoms with E-state index in [0.717, 1.165) is 32.0 Å². The van der Waals surface area contributed by atoms with Gasteiger partial charge in [0.1, 0.15) is 18.8 Å². The van der Waals surface area contributed by atoms with Crippen LogP contribution in [0.1, 0.15) is 28.9 Å². The predicted molar refractivity (Wildman–Crippen MR) is 99.4 cm³/mol. The van der Waals surface area contributed by atoms with E-state index in [4.69, 9.17) is 4.74 Å². The molecule has 0 aliphatic carbocycles. The van der Waals surface area contributed by atoms with Gasteiger partial charge in [0, 0.05) is 11.1 Å². The lowest BCUT2D eigenvalue weighted by Gasteiger charge is -2.31. The van der Waals surface area contributed by atoms with E-state index < -0.39 is 0 Å².